The van der Waals surface area contributed by atoms with Crippen molar-refractivity contribution in [1.82, 2.24) is 9.38 Å². The lowest BCUT2D eigenvalue weighted by Crippen LogP contribution is -2.33. The number of nitro groups is 1. The van der Waals surface area contributed by atoms with E-state index in [0.29, 0.717) is 18.0 Å². The van der Waals surface area contributed by atoms with Crippen molar-refractivity contribution in [1.29, 1.82) is 0 Å². The number of rotatable bonds is 6. The summed E-state index contributed by atoms with van der Waals surface area (Å²) in [6.07, 6.45) is 7.38. The molecule has 25 heavy (non-hydrogen) atoms. The van der Waals surface area contributed by atoms with Crippen LogP contribution in [0.5, 0.6) is 0 Å². The molecule has 134 valence electrons. The molecule has 1 atom stereocenters. The third-order valence-corrected chi connectivity index (χ3v) is 4.87. The number of aliphatic hydroxyl groups excluding tert-OH is 1. The van der Waals surface area contributed by atoms with Crippen LogP contribution in [0.15, 0.2) is 29.2 Å². The highest BCUT2D eigenvalue weighted by molar-refractivity contribution is 5.60. The fourth-order valence-corrected chi connectivity index (χ4v) is 3.62. The lowest BCUT2D eigenvalue weighted by atomic mass is 9.82. The Morgan fingerprint density at radius 1 is 1.36 bits per heavy atom. The van der Waals surface area contributed by atoms with Gasteiger partial charge >= 0.3 is 11.2 Å². The highest BCUT2D eigenvalue weighted by atomic mass is 16.6. The summed E-state index contributed by atoms with van der Waals surface area (Å²) < 4.78 is 1.17. The van der Waals surface area contributed by atoms with Gasteiger partial charge in [0.15, 0.2) is 0 Å². The molecule has 8 heteroatoms. The molecule has 2 heterocycles. The SMILES string of the molecule is O=c1c([N+](=O)[O-])c(NC(CCO)C2CCCCC2)nc2ccccn12. The predicted octanol–water partition coefficient (Wildman–Crippen LogP) is 2.35. The number of nitrogens with zero attached hydrogens (tertiary/aromatic N) is 3. The summed E-state index contributed by atoms with van der Waals surface area (Å²) in [6, 6.07) is 4.85. The molecule has 0 bridgehead atoms. The minimum absolute atomic E-state index is 0.00905. The van der Waals surface area contributed by atoms with Gasteiger partial charge in [0.05, 0.1) is 4.92 Å². The van der Waals surface area contributed by atoms with E-state index < -0.39 is 16.2 Å². The molecule has 1 aliphatic rings. The monoisotopic (exact) mass is 346 g/mol. The van der Waals surface area contributed by atoms with Gasteiger partial charge in [-0.05, 0) is 37.3 Å². The molecule has 0 aliphatic heterocycles. The van der Waals surface area contributed by atoms with E-state index in [2.05, 4.69) is 10.3 Å². The van der Waals surface area contributed by atoms with Gasteiger partial charge in [0.25, 0.3) is 0 Å². The minimum atomic E-state index is -0.704. The summed E-state index contributed by atoms with van der Waals surface area (Å²) in [5.41, 5.74) is -0.904. The Bertz CT molecular complexity index is 814. The molecule has 0 spiro atoms. The van der Waals surface area contributed by atoms with Crippen molar-refractivity contribution in [2.75, 3.05) is 11.9 Å². The van der Waals surface area contributed by atoms with Crippen LogP contribution in [0.3, 0.4) is 0 Å². The van der Waals surface area contributed by atoms with Crippen LogP contribution >= 0.6 is 0 Å². The second kappa shape index (κ2) is 7.60. The average molecular weight is 346 g/mol. The molecule has 2 N–H and O–H groups in total. The first-order valence-corrected chi connectivity index (χ1v) is 8.65. The molecule has 1 aliphatic carbocycles. The zero-order valence-electron chi connectivity index (χ0n) is 13.9. The van der Waals surface area contributed by atoms with Gasteiger partial charge in [0.2, 0.25) is 5.82 Å². The van der Waals surface area contributed by atoms with Crippen molar-refractivity contribution >= 4 is 17.2 Å². The smallest absolute Gasteiger partial charge is 0.376 e. The normalized spacial score (nSPS) is 16.7. The Morgan fingerprint density at radius 2 is 2.12 bits per heavy atom. The van der Waals surface area contributed by atoms with Gasteiger partial charge in [0, 0.05) is 18.8 Å². The van der Waals surface area contributed by atoms with E-state index in [1.165, 1.54) is 17.0 Å². The molecule has 3 rings (SSSR count). The van der Waals surface area contributed by atoms with Gasteiger partial charge in [-0.1, -0.05) is 25.3 Å². The third kappa shape index (κ3) is 3.63. The number of anilines is 1. The number of aliphatic hydroxyl groups is 1. The first kappa shape index (κ1) is 17.3. The number of nitrogens with one attached hydrogen (secondary N) is 1. The quantitative estimate of drug-likeness (QED) is 0.614. The number of fused-ring (bicyclic) bond motifs is 1. The lowest BCUT2D eigenvalue weighted by Gasteiger charge is -2.30. The van der Waals surface area contributed by atoms with Crippen molar-refractivity contribution in [2.45, 2.75) is 44.6 Å². The van der Waals surface area contributed by atoms with Gasteiger partial charge in [-0.15, -0.1) is 0 Å². The molecule has 0 amide bonds. The van der Waals surface area contributed by atoms with E-state index in [-0.39, 0.29) is 18.5 Å². The first-order valence-electron chi connectivity index (χ1n) is 8.65. The highest BCUT2D eigenvalue weighted by Crippen LogP contribution is 2.30. The number of pyridine rings is 1. The first-order chi connectivity index (χ1) is 12.1. The van der Waals surface area contributed by atoms with Crippen LogP contribution in [0.1, 0.15) is 38.5 Å². The number of hydrogen-bond acceptors (Lipinski definition) is 6. The van der Waals surface area contributed by atoms with Crippen LogP contribution < -0.4 is 10.9 Å². The molecule has 2 aromatic heterocycles. The van der Waals surface area contributed by atoms with E-state index in [0.717, 1.165) is 25.7 Å². The largest absolute Gasteiger partial charge is 0.396 e. The van der Waals surface area contributed by atoms with Crippen molar-refractivity contribution in [3.8, 4) is 0 Å². The van der Waals surface area contributed by atoms with E-state index >= 15 is 0 Å². The van der Waals surface area contributed by atoms with Gasteiger partial charge in [-0.3, -0.25) is 19.3 Å². The number of aromatic nitrogens is 2. The molecular formula is C17H22N4O4. The van der Waals surface area contributed by atoms with Gasteiger partial charge in [-0.2, -0.15) is 0 Å². The maximum Gasteiger partial charge on any atom is 0.376 e. The van der Waals surface area contributed by atoms with E-state index in [1.54, 1.807) is 18.2 Å². The average Bonchev–Trinajstić information content (AvgIpc) is 2.62. The van der Waals surface area contributed by atoms with Crippen molar-refractivity contribution in [2.24, 2.45) is 5.92 Å². The Labute approximate surface area is 144 Å². The van der Waals surface area contributed by atoms with Gasteiger partial charge in [-0.25, -0.2) is 4.98 Å². The molecule has 1 fully saturated rings. The van der Waals surface area contributed by atoms with Crippen LogP contribution in [0, 0.1) is 16.0 Å². The lowest BCUT2D eigenvalue weighted by molar-refractivity contribution is -0.385. The minimum Gasteiger partial charge on any atom is -0.396 e. The van der Waals surface area contributed by atoms with Crippen LogP contribution in [-0.4, -0.2) is 32.1 Å². The zero-order chi connectivity index (χ0) is 17.8. The molecule has 0 saturated heterocycles. The van der Waals surface area contributed by atoms with E-state index in [4.69, 9.17) is 0 Å². The third-order valence-electron chi connectivity index (χ3n) is 4.87. The topological polar surface area (TPSA) is 110 Å². The second-order valence-electron chi connectivity index (χ2n) is 6.46. The summed E-state index contributed by atoms with van der Waals surface area (Å²) in [5, 5.41) is 24.0. The Morgan fingerprint density at radius 3 is 2.80 bits per heavy atom. The standard InChI is InChI=1S/C17H22N4O4/c22-11-9-13(12-6-2-1-3-7-12)18-16-15(21(24)25)17(23)20-10-5-4-8-14(20)19-16/h4-5,8,10,12-13,18,22H,1-3,6-7,9,11H2. The predicted molar refractivity (Wildman–Crippen MR) is 93.8 cm³/mol. The highest BCUT2D eigenvalue weighted by Gasteiger charge is 2.29. The Kier molecular flexibility index (Phi) is 5.28. The number of hydrogen-bond donors (Lipinski definition) is 2. The van der Waals surface area contributed by atoms with Crippen LogP contribution in [0.25, 0.3) is 5.65 Å². The summed E-state index contributed by atoms with van der Waals surface area (Å²) >= 11 is 0. The second-order valence-corrected chi connectivity index (χ2v) is 6.46. The maximum absolute atomic E-state index is 12.5. The molecule has 1 unspecified atom stereocenters. The molecule has 0 aromatic carbocycles. The van der Waals surface area contributed by atoms with Crippen LogP contribution in [0.4, 0.5) is 11.5 Å². The zero-order valence-corrected chi connectivity index (χ0v) is 13.9. The van der Waals surface area contributed by atoms with E-state index in [1.807, 2.05) is 0 Å². The van der Waals surface area contributed by atoms with Crippen molar-refractivity contribution in [3.63, 3.8) is 0 Å². The molecule has 8 nitrogen and oxygen atoms in total. The maximum atomic E-state index is 12.5. The van der Waals surface area contributed by atoms with Gasteiger partial charge < -0.3 is 10.4 Å². The van der Waals surface area contributed by atoms with Crippen LogP contribution in [-0.2, 0) is 0 Å². The van der Waals surface area contributed by atoms with Crippen molar-refractivity contribution < 1.29 is 10.0 Å². The summed E-state index contributed by atoms with van der Waals surface area (Å²) in [6.45, 7) is -0.0193. The summed E-state index contributed by atoms with van der Waals surface area (Å²) in [4.78, 5) is 27.6. The Balaban J connectivity index is 2.01. The van der Waals surface area contributed by atoms with E-state index in [9.17, 15) is 20.0 Å². The molecule has 0 radical (unpaired) electrons. The molecular weight excluding hydrogens is 324 g/mol. The van der Waals surface area contributed by atoms with Gasteiger partial charge in [0.1, 0.15) is 5.65 Å². The Hall–Kier alpha value is -2.48. The summed E-state index contributed by atoms with van der Waals surface area (Å²) in [7, 11) is 0. The van der Waals surface area contributed by atoms with Crippen molar-refractivity contribution in [3.05, 3.63) is 44.9 Å². The molecule has 1 saturated carbocycles. The summed E-state index contributed by atoms with van der Waals surface area (Å²) in [5.74, 6) is 0.307. The fourth-order valence-electron chi connectivity index (χ4n) is 3.62. The fraction of sp³-hybridized carbons (Fsp3) is 0.529. The van der Waals surface area contributed by atoms with Crippen LogP contribution in [0.2, 0.25) is 0 Å². The molecule has 2 aromatic rings.